The number of amides is 2. The Morgan fingerprint density at radius 2 is 1.70 bits per heavy atom. The lowest BCUT2D eigenvalue weighted by Gasteiger charge is -2.27. The Hall–Kier alpha value is -2.70. The number of benzene rings is 1. The van der Waals surface area contributed by atoms with Crippen molar-refractivity contribution in [3.63, 3.8) is 0 Å². The third-order valence-electron chi connectivity index (χ3n) is 3.99. The van der Waals surface area contributed by atoms with Gasteiger partial charge in [0.25, 0.3) is 0 Å². The minimum Gasteiger partial charge on any atom is -0.493 e. The molecule has 1 fully saturated rings. The van der Waals surface area contributed by atoms with Crippen LogP contribution in [0, 0.1) is 0 Å². The van der Waals surface area contributed by atoms with Gasteiger partial charge in [-0.15, -0.1) is 0 Å². The molecule has 1 aliphatic rings. The first-order chi connectivity index (χ1) is 11.0. The van der Waals surface area contributed by atoms with E-state index in [1.165, 1.54) is 0 Å². The van der Waals surface area contributed by atoms with E-state index in [9.17, 15) is 9.59 Å². The molecule has 0 saturated carbocycles. The van der Waals surface area contributed by atoms with Gasteiger partial charge in [-0.2, -0.15) is 0 Å². The topological polar surface area (TPSA) is 92.5 Å². The molecule has 2 unspecified atom stereocenters. The molecule has 2 aromatic rings. The van der Waals surface area contributed by atoms with Crippen LogP contribution in [-0.2, 0) is 16.0 Å². The van der Waals surface area contributed by atoms with E-state index < -0.39 is 12.1 Å². The average molecular weight is 317 g/mol. The second-order valence-electron chi connectivity index (χ2n) is 5.58. The number of hydrogen-bond acceptors (Lipinski definition) is 4. The Balaban J connectivity index is 1.86. The molecule has 0 aliphatic carbocycles. The lowest BCUT2D eigenvalue weighted by molar-refractivity contribution is -0.136. The van der Waals surface area contributed by atoms with Gasteiger partial charge in [0.2, 0.25) is 11.8 Å². The predicted molar refractivity (Wildman–Crippen MR) is 84.6 cm³/mol. The summed E-state index contributed by atoms with van der Waals surface area (Å²) in [6, 6.07) is 4.59. The lowest BCUT2D eigenvalue weighted by atomic mass is 10.1. The van der Waals surface area contributed by atoms with Crippen molar-refractivity contribution in [1.82, 2.24) is 15.6 Å². The maximum atomic E-state index is 12.0. The Morgan fingerprint density at radius 1 is 1.00 bits per heavy atom. The largest absolute Gasteiger partial charge is 0.493 e. The summed E-state index contributed by atoms with van der Waals surface area (Å²) < 4.78 is 10.6. The van der Waals surface area contributed by atoms with E-state index in [0.29, 0.717) is 17.9 Å². The molecular formula is C16H19N3O4. The van der Waals surface area contributed by atoms with Gasteiger partial charge >= 0.3 is 0 Å². The SMILES string of the molecule is COc1cc2cc(CC3NC(=O)C(C)NC3=O)[nH]c2cc1OC. The fraction of sp³-hybridized carbons (Fsp3) is 0.375. The van der Waals surface area contributed by atoms with Crippen LogP contribution in [0.1, 0.15) is 12.6 Å². The third kappa shape index (κ3) is 2.81. The summed E-state index contributed by atoms with van der Waals surface area (Å²) >= 11 is 0. The highest BCUT2D eigenvalue weighted by molar-refractivity contribution is 5.97. The van der Waals surface area contributed by atoms with E-state index in [4.69, 9.17) is 9.47 Å². The number of nitrogens with one attached hydrogen (secondary N) is 3. The van der Waals surface area contributed by atoms with Gasteiger partial charge in [-0.1, -0.05) is 0 Å². The van der Waals surface area contributed by atoms with Crippen LogP contribution < -0.4 is 20.1 Å². The molecule has 3 rings (SSSR count). The summed E-state index contributed by atoms with van der Waals surface area (Å²) in [4.78, 5) is 26.9. The van der Waals surface area contributed by atoms with E-state index in [0.717, 1.165) is 16.6 Å². The number of carbonyl (C=O) groups excluding carboxylic acids is 2. The van der Waals surface area contributed by atoms with Gasteiger partial charge in [0.15, 0.2) is 11.5 Å². The fourth-order valence-electron chi connectivity index (χ4n) is 2.73. The summed E-state index contributed by atoms with van der Waals surface area (Å²) in [6.45, 7) is 1.66. The number of carbonyl (C=O) groups is 2. The molecule has 0 bridgehead atoms. The number of piperazine rings is 1. The molecule has 2 amide bonds. The summed E-state index contributed by atoms with van der Waals surface area (Å²) in [5.41, 5.74) is 1.74. The van der Waals surface area contributed by atoms with Crippen LogP contribution in [0.3, 0.4) is 0 Å². The van der Waals surface area contributed by atoms with Crippen molar-refractivity contribution >= 4 is 22.7 Å². The van der Waals surface area contributed by atoms with Gasteiger partial charge in [0.1, 0.15) is 12.1 Å². The maximum Gasteiger partial charge on any atom is 0.243 e. The molecule has 3 N–H and O–H groups in total. The molecule has 2 heterocycles. The molecule has 23 heavy (non-hydrogen) atoms. The smallest absolute Gasteiger partial charge is 0.243 e. The number of fused-ring (bicyclic) bond motifs is 1. The molecule has 1 aromatic heterocycles. The van der Waals surface area contributed by atoms with Crippen LogP contribution in [0.15, 0.2) is 18.2 Å². The van der Waals surface area contributed by atoms with Crippen molar-refractivity contribution in [1.29, 1.82) is 0 Å². The summed E-state index contributed by atoms with van der Waals surface area (Å²) in [6.07, 6.45) is 0.392. The zero-order valence-corrected chi connectivity index (χ0v) is 13.2. The van der Waals surface area contributed by atoms with Gasteiger partial charge in [-0.25, -0.2) is 0 Å². The normalized spacial score (nSPS) is 21.0. The van der Waals surface area contributed by atoms with Crippen molar-refractivity contribution < 1.29 is 19.1 Å². The van der Waals surface area contributed by atoms with Crippen LogP contribution in [-0.4, -0.2) is 43.1 Å². The first-order valence-corrected chi connectivity index (χ1v) is 7.36. The van der Waals surface area contributed by atoms with Crippen molar-refractivity contribution in [2.75, 3.05) is 14.2 Å². The van der Waals surface area contributed by atoms with Crippen LogP contribution in [0.25, 0.3) is 10.9 Å². The molecule has 0 radical (unpaired) electrons. The highest BCUT2D eigenvalue weighted by atomic mass is 16.5. The van der Waals surface area contributed by atoms with E-state index in [2.05, 4.69) is 15.6 Å². The van der Waals surface area contributed by atoms with E-state index in [1.807, 2.05) is 18.2 Å². The highest BCUT2D eigenvalue weighted by Gasteiger charge is 2.31. The molecule has 1 aromatic carbocycles. The predicted octanol–water partition coefficient (Wildman–Crippen LogP) is 0.731. The third-order valence-corrected chi connectivity index (χ3v) is 3.99. The second-order valence-corrected chi connectivity index (χ2v) is 5.58. The van der Waals surface area contributed by atoms with Crippen molar-refractivity contribution in [2.45, 2.75) is 25.4 Å². The Morgan fingerprint density at radius 3 is 2.39 bits per heavy atom. The maximum absolute atomic E-state index is 12.0. The van der Waals surface area contributed by atoms with Gasteiger partial charge in [-0.3, -0.25) is 9.59 Å². The lowest BCUT2D eigenvalue weighted by Crippen LogP contribution is -2.61. The van der Waals surface area contributed by atoms with E-state index in [1.54, 1.807) is 21.1 Å². The van der Waals surface area contributed by atoms with E-state index >= 15 is 0 Å². The van der Waals surface area contributed by atoms with Gasteiger partial charge < -0.3 is 25.1 Å². The zero-order valence-electron chi connectivity index (χ0n) is 13.2. The minimum atomic E-state index is -0.574. The molecule has 7 heteroatoms. The molecule has 1 aliphatic heterocycles. The van der Waals surface area contributed by atoms with Crippen molar-refractivity contribution in [2.24, 2.45) is 0 Å². The van der Waals surface area contributed by atoms with Crippen LogP contribution in [0.5, 0.6) is 11.5 Å². The van der Waals surface area contributed by atoms with Gasteiger partial charge in [0.05, 0.1) is 14.2 Å². The summed E-state index contributed by atoms with van der Waals surface area (Å²) in [5, 5.41) is 6.35. The standard InChI is InChI=1S/C16H19N3O4/c1-8-15(20)19-12(16(21)17-8)6-10-4-9-5-13(22-2)14(23-3)7-11(9)18-10/h4-5,7-8,12,18H,6H2,1-3H3,(H,17,21)(H,19,20). The zero-order chi connectivity index (χ0) is 16.6. The number of ether oxygens (including phenoxy) is 2. The summed E-state index contributed by atoms with van der Waals surface area (Å²) in [7, 11) is 3.16. The monoisotopic (exact) mass is 317 g/mol. The van der Waals surface area contributed by atoms with Gasteiger partial charge in [0, 0.05) is 29.1 Å². The average Bonchev–Trinajstić information content (AvgIpc) is 2.92. The number of H-pyrrole nitrogens is 1. The van der Waals surface area contributed by atoms with Crippen molar-refractivity contribution in [3.05, 3.63) is 23.9 Å². The fourth-order valence-corrected chi connectivity index (χ4v) is 2.73. The minimum absolute atomic E-state index is 0.172. The van der Waals surface area contributed by atoms with Crippen molar-refractivity contribution in [3.8, 4) is 11.5 Å². The number of hydrogen-bond donors (Lipinski definition) is 3. The molecule has 7 nitrogen and oxygen atoms in total. The van der Waals surface area contributed by atoms with Crippen LogP contribution in [0.4, 0.5) is 0 Å². The second kappa shape index (κ2) is 5.83. The first-order valence-electron chi connectivity index (χ1n) is 7.36. The highest BCUT2D eigenvalue weighted by Crippen LogP contribution is 2.32. The van der Waals surface area contributed by atoms with Gasteiger partial charge in [-0.05, 0) is 19.1 Å². The summed E-state index contributed by atoms with van der Waals surface area (Å²) in [5.74, 6) is 0.925. The molecule has 122 valence electrons. The number of methoxy groups -OCH3 is 2. The Kier molecular flexibility index (Phi) is 3.85. The molecular weight excluding hydrogens is 298 g/mol. The van der Waals surface area contributed by atoms with Crippen LogP contribution in [0.2, 0.25) is 0 Å². The number of aromatic nitrogens is 1. The van der Waals surface area contributed by atoms with E-state index in [-0.39, 0.29) is 11.8 Å². The molecule has 1 saturated heterocycles. The first kappa shape index (κ1) is 15.2. The number of rotatable bonds is 4. The molecule has 2 atom stereocenters. The Bertz CT molecular complexity index is 727. The van der Waals surface area contributed by atoms with Crippen LogP contribution >= 0.6 is 0 Å². The number of aromatic amines is 1. The quantitative estimate of drug-likeness (QED) is 0.775. The Labute approximate surface area is 133 Å². The molecule has 0 spiro atoms.